The molecule has 1 saturated heterocycles. The first-order chi connectivity index (χ1) is 9.82. The van der Waals surface area contributed by atoms with E-state index >= 15 is 0 Å². The smallest absolute Gasteiger partial charge is 0.268 e. The van der Waals surface area contributed by atoms with Crippen LogP contribution < -0.4 is 0 Å². The van der Waals surface area contributed by atoms with E-state index in [1.807, 2.05) is 0 Å². The maximum Gasteiger partial charge on any atom is 0.333 e. The molecule has 0 bridgehead atoms. The van der Waals surface area contributed by atoms with Crippen LogP contribution in [0, 0.1) is 10.1 Å². The molecule has 0 N–H and O–H groups in total. The Hall–Kier alpha value is -3.03. The first-order valence-corrected chi connectivity index (χ1v) is 5.89. The van der Waals surface area contributed by atoms with Crippen LogP contribution in [0.1, 0.15) is 5.56 Å². The van der Waals surface area contributed by atoms with Crippen molar-refractivity contribution >= 4 is 29.6 Å². The third-order valence-corrected chi connectivity index (χ3v) is 3.06. The van der Waals surface area contributed by atoms with Crippen LogP contribution in [0.4, 0.5) is 10.5 Å². The molecule has 1 aliphatic rings. The molecule has 1 heterocycles. The summed E-state index contributed by atoms with van der Waals surface area (Å²) in [7, 11) is 2.55. The SMILES string of the molecule is CN1C(=O)C(=Cc2ccc([N+](=O)[O-])cc2)C(=O)N(C)C1=O. The average Bonchev–Trinajstić information content (AvgIpc) is 2.48. The van der Waals surface area contributed by atoms with Crippen molar-refractivity contribution < 1.29 is 19.3 Å². The molecule has 1 aromatic carbocycles. The van der Waals surface area contributed by atoms with E-state index in [-0.39, 0.29) is 11.3 Å². The van der Waals surface area contributed by atoms with E-state index in [1.54, 1.807) is 0 Å². The highest BCUT2D eigenvalue weighted by Gasteiger charge is 2.37. The summed E-state index contributed by atoms with van der Waals surface area (Å²) in [6, 6.07) is 4.67. The normalized spacial score (nSPS) is 15.5. The lowest BCUT2D eigenvalue weighted by atomic mass is 10.1. The number of nitro benzene ring substituents is 1. The molecule has 8 nitrogen and oxygen atoms in total. The van der Waals surface area contributed by atoms with E-state index in [2.05, 4.69) is 0 Å². The highest BCUT2D eigenvalue weighted by molar-refractivity contribution is 6.30. The highest BCUT2D eigenvalue weighted by Crippen LogP contribution is 2.19. The van der Waals surface area contributed by atoms with Crippen LogP contribution >= 0.6 is 0 Å². The number of likely N-dealkylation sites (N-methyl/N-ethyl adjacent to an activating group) is 2. The minimum Gasteiger partial charge on any atom is -0.268 e. The summed E-state index contributed by atoms with van der Waals surface area (Å²) in [5.74, 6) is -1.41. The number of nitrogens with zero attached hydrogens (tertiary/aromatic N) is 3. The fourth-order valence-electron chi connectivity index (χ4n) is 1.83. The lowest BCUT2D eigenvalue weighted by Crippen LogP contribution is -2.52. The highest BCUT2D eigenvalue weighted by atomic mass is 16.6. The van der Waals surface area contributed by atoms with Gasteiger partial charge >= 0.3 is 6.03 Å². The molecular weight excluding hydrogens is 278 g/mol. The molecule has 0 saturated carbocycles. The van der Waals surface area contributed by atoms with Gasteiger partial charge < -0.3 is 0 Å². The summed E-state index contributed by atoms with van der Waals surface area (Å²) in [5, 5.41) is 10.6. The Morgan fingerprint density at radius 2 is 1.48 bits per heavy atom. The fourth-order valence-corrected chi connectivity index (χ4v) is 1.83. The van der Waals surface area contributed by atoms with Gasteiger partial charge in [-0.3, -0.25) is 29.5 Å². The molecule has 0 aromatic heterocycles. The molecule has 21 heavy (non-hydrogen) atoms. The van der Waals surface area contributed by atoms with Gasteiger partial charge in [0, 0.05) is 26.2 Å². The third kappa shape index (κ3) is 2.50. The largest absolute Gasteiger partial charge is 0.333 e. The zero-order valence-corrected chi connectivity index (χ0v) is 11.3. The molecule has 0 atom stereocenters. The fraction of sp³-hybridized carbons (Fsp3) is 0.154. The minimum absolute atomic E-state index is 0.0946. The predicted molar refractivity (Wildman–Crippen MR) is 72.0 cm³/mol. The summed E-state index contributed by atoms with van der Waals surface area (Å²) in [5.41, 5.74) is 0.185. The van der Waals surface area contributed by atoms with E-state index in [0.29, 0.717) is 5.56 Å². The molecular formula is C13H11N3O5. The monoisotopic (exact) mass is 289 g/mol. The third-order valence-electron chi connectivity index (χ3n) is 3.06. The molecule has 0 unspecified atom stereocenters. The van der Waals surface area contributed by atoms with Crippen molar-refractivity contribution in [3.05, 3.63) is 45.5 Å². The zero-order valence-electron chi connectivity index (χ0n) is 11.3. The molecule has 4 amide bonds. The van der Waals surface area contributed by atoms with Crippen LogP contribution in [-0.2, 0) is 9.59 Å². The molecule has 8 heteroatoms. The Balaban J connectivity index is 2.39. The van der Waals surface area contributed by atoms with E-state index in [9.17, 15) is 24.5 Å². The van der Waals surface area contributed by atoms with Crippen molar-refractivity contribution in [1.82, 2.24) is 9.80 Å². The summed E-state index contributed by atoms with van der Waals surface area (Å²) in [4.78, 5) is 47.2. The lowest BCUT2D eigenvalue weighted by molar-refractivity contribution is -0.384. The van der Waals surface area contributed by atoms with Gasteiger partial charge in [-0.1, -0.05) is 0 Å². The number of carbonyl (C=O) groups is 3. The van der Waals surface area contributed by atoms with Gasteiger partial charge in [0.25, 0.3) is 17.5 Å². The van der Waals surface area contributed by atoms with Crippen molar-refractivity contribution in [2.24, 2.45) is 0 Å². The number of non-ortho nitro benzene ring substituents is 1. The van der Waals surface area contributed by atoms with E-state index in [4.69, 9.17) is 0 Å². The second kappa shape index (κ2) is 5.16. The summed E-state index contributed by atoms with van der Waals surface area (Å²) < 4.78 is 0. The molecule has 0 aliphatic carbocycles. The number of hydrogen-bond donors (Lipinski definition) is 0. The van der Waals surface area contributed by atoms with Gasteiger partial charge in [-0.15, -0.1) is 0 Å². The summed E-state index contributed by atoms with van der Waals surface area (Å²) in [6.07, 6.45) is 1.30. The van der Waals surface area contributed by atoms with Crippen molar-refractivity contribution in [3.63, 3.8) is 0 Å². The summed E-state index contributed by atoms with van der Waals surface area (Å²) in [6.45, 7) is 0. The zero-order chi connectivity index (χ0) is 15.7. The van der Waals surface area contributed by atoms with Crippen molar-refractivity contribution in [2.75, 3.05) is 14.1 Å². The topological polar surface area (TPSA) is 101 Å². The molecule has 1 aliphatic heterocycles. The molecule has 0 spiro atoms. The predicted octanol–water partition coefficient (Wildman–Crippen LogP) is 1.03. The van der Waals surface area contributed by atoms with Crippen LogP contribution in [0.15, 0.2) is 29.8 Å². The van der Waals surface area contributed by atoms with Gasteiger partial charge in [0.15, 0.2) is 0 Å². The second-order valence-electron chi connectivity index (χ2n) is 4.42. The summed E-state index contributed by atoms with van der Waals surface area (Å²) >= 11 is 0. The van der Waals surface area contributed by atoms with Gasteiger partial charge in [-0.05, 0) is 23.8 Å². The van der Waals surface area contributed by atoms with Crippen molar-refractivity contribution in [2.45, 2.75) is 0 Å². The first-order valence-electron chi connectivity index (χ1n) is 5.89. The van der Waals surface area contributed by atoms with Crippen LogP contribution in [-0.4, -0.2) is 46.7 Å². The average molecular weight is 289 g/mol. The van der Waals surface area contributed by atoms with Gasteiger partial charge in [0.1, 0.15) is 5.57 Å². The maximum atomic E-state index is 12.0. The van der Waals surface area contributed by atoms with Crippen molar-refractivity contribution in [3.8, 4) is 0 Å². The Morgan fingerprint density at radius 1 is 1.00 bits per heavy atom. The molecule has 2 rings (SSSR count). The number of amides is 4. The number of rotatable bonds is 2. The number of urea groups is 1. The molecule has 1 aromatic rings. The van der Waals surface area contributed by atoms with E-state index < -0.39 is 22.8 Å². The minimum atomic E-state index is -0.707. The number of hydrogen-bond acceptors (Lipinski definition) is 5. The number of nitro groups is 1. The van der Waals surface area contributed by atoms with E-state index in [0.717, 1.165) is 9.80 Å². The quantitative estimate of drug-likeness (QED) is 0.350. The number of benzene rings is 1. The van der Waals surface area contributed by atoms with Crippen molar-refractivity contribution in [1.29, 1.82) is 0 Å². The number of imide groups is 2. The van der Waals surface area contributed by atoms with Gasteiger partial charge in [-0.2, -0.15) is 0 Å². The van der Waals surface area contributed by atoms with Gasteiger partial charge in [-0.25, -0.2) is 4.79 Å². The van der Waals surface area contributed by atoms with E-state index in [1.165, 1.54) is 44.4 Å². The van der Waals surface area contributed by atoms with Crippen LogP contribution in [0.3, 0.4) is 0 Å². The Labute approximate surface area is 119 Å². The number of carbonyl (C=O) groups excluding carboxylic acids is 3. The van der Waals surface area contributed by atoms with Gasteiger partial charge in [0.2, 0.25) is 0 Å². The maximum absolute atomic E-state index is 12.0. The first kappa shape index (κ1) is 14.4. The Kier molecular flexibility index (Phi) is 3.53. The number of barbiturate groups is 1. The molecule has 1 fully saturated rings. The van der Waals surface area contributed by atoms with Crippen LogP contribution in [0.2, 0.25) is 0 Å². The Bertz CT molecular complexity index is 652. The lowest BCUT2D eigenvalue weighted by Gasteiger charge is -2.28. The van der Waals surface area contributed by atoms with Gasteiger partial charge in [0.05, 0.1) is 4.92 Å². The van der Waals surface area contributed by atoms with Crippen LogP contribution in [0.25, 0.3) is 6.08 Å². The second-order valence-corrected chi connectivity index (χ2v) is 4.42. The van der Waals surface area contributed by atoms with Crippen LogP contribution in [0.5, 0.6) is 0 Å². The molecule has 0 radical (unpaired) electrons. The Morgan fingerprint density at radius 3 is 1.90 bits per heavy atom. The molecule has 108 valence electrons. The standard InChI is InChI=1S/C13H11N3O5/c1-14-11(17)10(12(18)15(2)13(14)19)7-8-3-5-9(6-4-8)16(20)21/h3-7H,1-2H3.